The van der Waals surface area contributed by atoms with Crippen LogP contribution in [0.5, 0.6) is 0 Å². The lowest BCUT2D eigenvalue weighted by Crippen LogP contribution is -2.24. The summed E-state index contributed by atoms with van der Waals surface area (Å²) in [5.41, 5.74) is 2.36. The Labute approximate surface area is 143 Å². The minimum absolute atomic E-state index is 0.00905. The lowest BCUT2D eigenvalue weighted by molar-refractivity contribution is -0.384. The molecule has 0 atom stereocenters. The number of carbonyl (C=O) groups excluding carboxylic acids is 1. The molecular weight excluding hydrogens is 320 g/mol. The molecule has 0 aliphatic rings. The third-order valence-electron chi connectivity index (χ3n) is 3.70. The number of rotatable bonds is 5. The second kappa shape index (κ2) is 6.96. The fourth-order valence-electron chi connectivity index (χ4n) is 2.42. The van der Waals surface area contributed by atoms with Crippen LogP contribution < -0.4 is 0 Å². The Morgan fingerprint density at radius 1 is 1.28 bits per heavy atom. The minimum atomic E-state index is -0.465. The number of amides is 1. The number of carbonyl (C=O) groups is 1. The molecule has 1 N–H and O–H groups in total. The van der Waals surface area contributed by atoms with Crippen molar-refractivity contribution in [2.75, 3.05) is 7.05 Å². The molecule has 0 aliphatic carbocycles. The van der Waals surface area contributed by atoms with Crippen molar-refractivity contribution in [1.82, 2.24) is 14.9 Å². The zero-order valence-electron chi connectivity index (χ0n) is 13.5. The van der Waals surface area contributed by atoms with E-state index in [0.717, 1.165) is 11.0 Å². The van der Waals surface area contributed by atoms with Gasteiger partial charge in [-0.25, -0.2) is 4.98 Å². The molecular formula is C18H16N4O3. The largest absolute Gasteiger partial charge is 0.340 e. The van der Waals surface area contributed by atoms with E-state index >= 15 is 0 Å². The zero-order valence-corrected chi connectivity index (χ0v) is 13.5. The van der Waals surface area contributed by atoms with Gasteiger partial charge in [0, 0.05) is 25.3 Å². The number of nitro groups is 1. The summed E-state index contributed by atoms with van der Waals surface area (Å²) in [5.74, 6) is 0.479. The first-order valence-electron chi connectivity index (χ1n) is 7.64. The monoisotopic (exact) mass is 336 g/mol. The quantitative estimate of drug-likeness (QED) is 0.440. The van der Waals surface area contributed by atoms with Crippen LogP contribution in [0.2, 0.25) is 0 Å². The maximum atomic E-state index is 12.2. The zero-order chi connectivity index (χ0) is 17.8. The summed E-state index contributed by atoms with van der Waals surface area (Å²) in [6.07, 6.45) is 2.95. The van der Waals surface area contributed by atoms with Crippen LogP contribution in [0.3, 0.4) is 0 Å². The molecule has 0 aliphatic heterocycles. The van der Waals surface area contributed by atoms with Crippen LogP contribution in [0.4, 0.5) is 5.69 Å². The van der Waals surface area contributed by atoms with E-state index in [1.165, 1.54) is 23.1 Å². The Hall–Kier alpha value is -3.48. The second-order valence-corrected chi connectivity index (χ2v) is 5.58. The average molecular weight is 336 g/mol. The minimum Gasteiger partial charge on any atom is -0.340 e. The molecule has 1 aromatic heterocycles. The number of non-ortho nitro benzene ring substituents is 1. The predicted molar refractivity (Wildman–Crippen MR) is 94.7 cm³/mol. The van der Waals surface area contributed by atoms with E-state index in [1.807, 2.05) is 24.3 Å². The van der Waals surface area contributed by atoms with Gasteiger partial charge in [0.1, 0.15) is 5.82 Å². The first-order valence-corrected chi connectivity index (χ1v) is 7.64. The van der Waals surface area contributed by atoms with E-state index in [4.69, 9.17) is 0 Å². The van der Waals surface area contributed by atoms with Crippen molar-refractivity contribution in [2.45, 2.75) is 6.54 Å². The van der Waals surface area contributed by atoms with Crippen molar-refractivity contribution in [3.63, 3.8) is 0 Å². The van der Waals surface area contributed by atoms with Crippen molar-refractivity contribution in [1.29, 1.82) is 0 Å². The van der Waals surface area contributed by atoms with Crippen LogP contribution in [0.1, 0.15) is 11.4 Å². The lowest BCUT2D eigenvalue weighted by Gasteiger charge is -2.12. The fraction of sp³-hybridized carbons (Fsp3) is 0.111. The molecule has 0 unspecified atom stereocenters. The van der Waals surface area contributed by atoms with Crippen LogP contribution in [0.25, 0.3) is 17.1 Å². The lowest BCUT2D eigenvalue weighted by atomic mass is 10.2. The number of aromatic nitrogens is 2. The summed E-state index contributed by atoms with van der Waals surface area (Å²) in [6.45, 7) is 0.340. The normalized spacial score (nSPS) is 11.1. The van der Waals surface area contributed by atoms with Gasteiger partial charge in [0.05, 0.1) is 22.5 Å². The highest BCUT2D eigenvalue weighted by molar-refractivity contribution is 5.91. The Balaban J connectivity index is 1.67. The van der Waals surface area contributed by atoms with E-state index in [-0.39, 0.29) is 11.6 Å². The Kier molecular flexibility index (Phi) is 4.56. The molecule has 1 heterocycles. The maximum Gasteiger partial charge on any atom is 0.270 e. The molecule has 0 radical (unpaired) electrons. The first kappa shape index (κ1) is 16.4. The van der Waals surface area contributed by atoms with Crippen LogP contribution in [0.15, 0.2) is 54.6 Å². The Morgan fingerprint density at radius 2 is 2.08 bits per heavy atom. The van der Waals surface area contributed by atoms with Gasteiger partial charge < -0.3 is 9.88 Å². The molecule has 0 saturated heterocycles. The van der Waals surface area contributed by atoms with Gasteiger partial charge in [-0.05, 0) is 23.8 Å². The number of fused-ring (bicyclic) bond motifs is 1. The van der Waals surface area contributed by atoms with Crippen molar-refractivity contribution in [3.05, 3.63) is 76.1 Å². The van der Waals surface area contributed by atoms with Gasteiger partial charge in [0.25, 0.3) is 5.69 Å². The molecule has 3 rings (SSSR count). The molecule has 0 fully saturated rings. The van der Waals surface area contributed by atoms with E-state index in [9.17, 15) is 14.9 Å². The van der Waals surface area contributed by atoms with E-state index in [1.54, 1.807) is 25.3 Å². The number of hydrogen-bond acceptors (Lipinski definition) is 4. The number of imidazole rings is 1. The average Bonchev–Trinajstić information content (AvgIpc) is 3.02. The SMILES string of the molecule is CN(Cc1nc2ccccc2[nH]1)C(=O)C=Cc1cccc([N+](=O)[O-])c1. The topological polar surface area (TPSA) is 92.1 Å². The van der Waals surface area contributed by atoms with E-state index < -0.39 is 4.92 Å². The summed E-state index contributed by atoms with van der Waals surface area (Å²) in [4.78, 5) is 31.7. The van der Waals surface area contributed by atoms with Gasteiger partial charge in [0.15, 0.2) is 0 Å². The molecule has 7 heteroatoms. The Morgan fingerprint density at radius 3 is 2.84 bits per heavy atom. The third kappa shape index (κ3) is 3.89. The number of nitro benzene ring substituents is 1. The van der Waals surface area contributed by atoms with Crippen molar-refractivity contribution in [2.24, 2.45) is 0 Å². The summed E-state index contributed by atoms with van der Waals surface area (Å²) in [5, 5.41) is 10.8. The Bertz CT molecular complexity index is 929. The molecule has 1 amide bonds. The van der Waals surface area contributed by atoms with Gasteiger partial charge in [-0.15, -0.1) is 0 Å². The highest BCUT2D eigenvalue weighted by Crippen LogP contribution is 2.15. The third-order valence-corrected chi connectivity index (χ3v) is 3.70. The van der Waals surface area contributed by atoms with Crippen molar-refractivity contribution < 1.29 is 9.72 Å². The predicted octanol–water partition coefficient (Wildman–Crippen LogP) is 3.14. The van der Waals surface area contributed by atoms with Crippen LogP contribution >= 0.6 is 0 Å². The summed E-state index contributed by atoms with van der Waals surface area (Å²) in [6, 6.07) is 13.8. The van der Waals surface area contributed by atoms with Crippen LogP contribution in [0, 0.1) is 10.1 Å². The standard InChI is InChI=1S/C18H16N4O3/c1-21(12-17-19-15-7-2-3-8-16(15)20-17)18(23)10-9-13-5-4-6-14(11-13)22(24)25/h2-11H,12H2,1H3,(H,19,20). The van der Waals surface area contributed by atoms with Gasteiger partial charge in [0.2, 0.25) is 5.91 Å². The summed E-state index contributed by atoms with van der Waals surface area (Å²) in [7, 11) is 1.67. The molecule has 7 nitrogen and oxygen atoms in total. The number of benzene rings is 2. The molecule has 25 heavy (non-hydrogen) atoms. The smallest absolute Gasteiger partial charge is 0.270 e. The van der Waals surface area contributed by atoms with Crippen molar-refractivity contribution >= 4 is 28.7 Å². The van der Waals surface area contributed by atoms with Crippen LogP contribution in [-0.2, 0) is 11.3 Å². The second-order valence-electron chi connectivity index (χ2n) is 5.58. The molecule has 126 valence electrons. The van der Waals surface area contributed by atoms with Crippen molar-refractivity contribution in [3.8, 4) is 0 Å². The number of H-pyrrole nitrogens is 1. The van der Waals surface area contributed by atoms with Gasteiger partial charge >= 0.3 is 0 Å². The van der Waals surface area contributed by atoms with Gasteiger partial charge in [-0.1, -0.05) is 24.3 Å². The number of nitrogens with zero attached hydrogens (tertiary/aromatic N) is 3. The number of hydrogen-bond donors (Lipinski definition) is 1. The number of para-hydroxylation sites is 2. The number of nitrogens with one attached hydrogen (secondary N) is 1. The highest BCUT2D eigenvalue weighted by Gasteiger charge is 2.10. The molecule has 0 bridgehead atoms. The number of aromatic amines is 1. The highest BCUT2D eigenvalue weighted by atomic mass is 16.6. The maximum absolute atomic E-state index is 12.2. The first-order chi connectivity index (χ1) is 12.0. The van der Waals surface area contributed by atoms with Gasteiger partial charge in [-0.3, -0.25) is 14.9 Å². The van der Waals surface area contributed by atoms with Gasteiger partial charge in [-0.2, -0.15) is 0 Å². The summed E-state index contributed by atoms with van der Waals surface area (Å²) >= 11 is 0. The fourth-order valence-corrected chi connectivity index (χ4v) is 2.42. The summed E-state index contributed by atoms with van der Waals surface area (Å²) < 4.78 is 0. The molecule has 0 spiro atoms. The molecule has 0 saturated carbocycles. The molecule has 3 aromatic rings. The molecule has 2 aromatic carbocycles. The number of likely N-dealkylation sites (N-methyl/N-ethyl adjacent to an activating group) is 1. The van der Waals surface area contributed by atoms with E-state index in [0.29, 0.717) is 17.9 Å². The van der Waals surface area contributed by atoms with Crippen LogP contribution in [-0.4, -0.2) is 32.7 Å². The van der Waals surface area contributed by atoms with E-state index in [2.05, 4.69) is 9.97 Å².